The molecule has 5 rings (SSSR count). The van der Waals surface area contributed by atoms with Gasteiger partial charge in [-0.1, -0.05) is 92.5 Å². The average molecular weight is 638 g/mol. The number of likely N-dealkylation sites (tertiary alicyclic amines) is 1. The number of nitrogens with zero attached hydrogens (tertiary/aromatic N) is 2. The second-order valence-corrected chi connectivity index (χ2v) is 14.2. The van der Waals surface area contributed by atoms with E-state index >= 15 is 0 Å². The number of ketones is 1. The Hall–Kier alpha value is -4.25. The van der Waals surface area contributed by atoms with E-state index in [1.165, 1.54) is 11.3 Å². The summed E-state index contributed by atoms with van der Waals surface area (Å²) in [6.45, 7) is 8.22. The number of thiophene rings is 1. The summed E-state index contributed by atoms with van der Waals surface area (Å²) in [5.74, 6) is -2.14. The van der Waals surface area contributed by atoms with Crippen LogP contribution in [0.1, 0.15) is 76.6 Å². The number of hydrogen-bond acceptors (Lipinski definition) is 5. The van der Waals surface area contributed by atoms with Crippen LogP contribution in [-0.2, 0) is 16.1 Å². The van der Waals surface area contributed by atoms with Crippen molar-refractivity contribution < 1.29 is 14.4 Å². The van der Waals surface area contributed by atoms with E-state index in [1.807, 2.05) is 75.5 Å². The Morgan fingerprint density at radius 2 is 1.58 bits per heavy atom. The van der Waals surface area contributed by atoms with Crippen LogP contribution in [0.15, 0.2) is 90.3 Å². The highest BCUT2D eigenvalue weighted by Crippen LogP contribution is 2.52. The van der Waals surface area contributed by atoms with Gasteiger partial charge < -0.3 is 10.2 Å². The standard InChI is InChI=1S/C37H36ClN3O3S/c1-23-7-9-25(10-8-23)22-40-36(44)34-31(26-15-17-28(38)18-16-26)32(35(43)29-6-5-19-45-29)33(27-13-11-24(21-39)12-14-27)41(34)30(42)20-37(2,3)4/h5-19,31-34H,20,22H2,1-4H3,(H,40,44). The lowest BCUT2D eigenvalue weighted by atomic mass is 9.77. The zero-order valence-electron chi connectivity index (χ0n) is 25.8. The summed E-state index contributed by atoms with van der Waals surface area (Å²) in [6, 6.07) is 26.1. The van der Waals surface area contributed by atoms with E-state index in [4.69, 9.17) is 11.6 Å². The molecule has 1 aliphatic heterocycles. The maximum atomic E-state index is 14.6. The molecule has 0 radical (unpaired) electrons. The normalized spacial score (nSPS) is 19.6. The summed E-state index contributed by atoms with van der Waals surface area (Å²) < 4.78 is 0. The molecule has 4 atom stereocenters. The molecule has 0 aliphatic carbocycles. The Morgan fingerprint density at radius 3 is 2.16 bits per heavy atom. The lowest BCUT2D eigenvalue weighted by molar-refractivity contribution is -0.142. The third-order valence-electron chi connectivity index (χ3n) is 8.20. The van der Waals surface area contributed by atoms with E-state index < -0.39 is 23.9 Å². The summed E-state index contributed by atoms with van der Waals surface area (Å²) in [6.07, 6.45) is 0.175. The minimum atomic E-state index is -0.985. The Labute approximate surface area is 273 Å². The van der Waals surface area contributed by atoms with Gasteiger partial charge in [-0.2, -0.15) is 5.26 Å². The number of rotatable bonds is 8. The molecule has 1 saturated heterocycles. The van der Waals surface area contributed by atoms with Crippen LogP contribution in [0, 0.1) is 29.6 Å². The van der Waals surface area contributed by atoms with Crippen molar-refractivity contribution in [3.8, 4) is 6.07 Å². The van der Waals surface area contributed by atoms with Crippen molar-refractivity contribution in [2.75, 3.05) is 0 Å². The Kier molecular flexibility index (Phi) is 9.57. The molecule has 230 valence electrons. The van der Waals surface area contributed by atoms with Crippen LogP contribution in [0.5, 0.6) is 0 Å². The van der Waals surface area contributed by atoms with Crippen LogP contribution < -0.4 is 5.32 Å². The van der Waals surface area contributed by atoms with Gasteiger partial charge in [0, 0.05) is 23.9 Å². The molecule has 0 bridgehead atoms. The number of carbonyl (C=O) groups is 3. The number of hydrogen-bond donors (Lipinski definition) is 1. The SMILES string of the molecule is Cc1ccc(CNC(=O)C2C(c3ccc(Cl)cc3)C(C(=O)c3cccs3)C(c3ccc(C#N)cc3)N2C(=O)CC(C)(C)C)cc1. The van der Waals surface area contributed by atoms with Crippen molar-refractivity contribution >= 4 is 40.5 Å². The Balaban J connectivity index is 1.70. The molecule has 45 heavy (non-hydrogen) atoms. The van der Waals surface area contributed by atoms with Crippen LogP contribution in [0.25, 0.3) is 0 Å². The Morgan fingerprint density at radius 1 is 0.933 bits per heavy atom. The van der Waals surface area contributed by atoms with Gasteiger partial charge in [0.15, 0.2) is 5.78 Å². The summed E-state index contributed by atoms with van der Waals surface area (Å²) in [7, 11) is 0. The molecule has 3 aromatic carbocycles. The number of amides is 2. The number of halogens is 1. The first-order valence-electron chi connectivity index (χ1n) is 14.9. The summed E-state index contributed by atoms with van der Waals surface area (Å²) in [4.78, 5) is 45.7. The molecule has 4 unspecified atom stereocenters. The van der Waals surface area contributed by atoms with Crippen LogP contribution >= 0.6 is 22.9 Å². The summed E-state index contributed by atoms with van der Waals surface area (Å²) in [5.41, 5.74) is 3.57. The highest BCUT2D eigenvalue weighted by molar-refractivity contribution is 7.12. The fourth-order valence-electron chi connectivity index (χ4n) is 6.14. The number of Topliss-reactive ketones (excluding diaryl/α,β-unsaturated/α-hetero) is 1. The first kappa shape index (κ1) is 32.2. The summed E-state index contributed by atoms with van der Waals surface area (Å²) >= 11 is 7.64. The van der Waals surface area contributed by atoms with Gasteiger partial charge in [-0.05, 0) is 64.7 Å². The van der Waals surface area contributed by atoms with Crippen LogP contribution in [-0.4, -0.2) is 28.5 Å². The monoisotopic (exact) mass is 637 g/mol. The number of nitrogens with one attached hydrogen (secondary N) is 1. The molecule has 8 heteroatoms. The first-order valence-corrected chi connectivity index (χ1v) is 16.2. The third kappa shape index (κ3) is 7.19. The highest BCUT2D eigenvalue weighted by Gasteiger charge is 2.57. The number of aryl methyl sites for hydroxylation is 1. The molecule has 0 spiro atoms. The molecule has 6 nitrogen and oxygen atoms in total. The van der Waals surface area contributed by atoms with Crippen molar-refractivity contribution in [3.05, 3.63) is 128 Å². The van der Waals surface area contributed by atoms with Gasteiger partial charge in [-0.15, -0.1) is 11.3 Å². The molecule has 2 amide bonds. The predicted molar refractivity (Wildman–Crippen MR) is 178 cm³/mol. The topological polar surface area (TPSA) is 90.3 Å². The molecular formula is C37H36ClN3O3S. The largest absolute Gasteiger partial charge is 0.350 e. The lowest BCUT2D eigenvalue weighted by Crippen LogP contribution is -2.49. The van der Waals surface area contributed by atoms with Crippen molar-refractivity contribution in [1.82, 2.24) is 10.2 Å². The fourth-order valence-corrected chi connectivity index (χ4v) is 6.98. The van der Waals surface area contributed by atoms with Gasteiger partial charge in [0.05, 0.1) is 28.5 Å². The fraction of sp³-hybridized carbons (Fsp3) is 0.297. The predicted octanol–water partition coefficient (Wildman–Crippen LogP) is 7.87. The Bertz CT molecular complexity index is 1700. The van der Waals surface area contributed by atoms with E-state index in [0.29, 0.717) is 21.0 Å². The van der Waals surface area contributed by atoms with Gasteiger partial charge in [-0.25, -0.2) is 0 Å². The van der Waals surface area contributed by atoms with E-state index in [0.717, 1.165) is 16.7 Å². The summed E-state index contributed by atoms with van der Waals surface area (Å²) in [5, 5.41) is 15.0. The quantitative estimate of drug-likeness (QED) is 0.199. The molecule has 1 aromatic heterocycles. The van der Waals surface area contributed by atoms with E-state index in [1.54, 1.807) is 47.4 Å². The molecule has 2 heterocycles. The molecule has 1 fully saturated rings. The van der Waals surface area contributed by atoms with Crippen molar-refractivity contribution in [2.45, 2.75) is 58.7 Å². The van der Waals surface area contributed by atoms with Gasteiger partial charge in [0.25, 0.3) is 0 Å². The second kappa shape index (κ2) is 13.4. The number of carbonyl (C=O) groups excluding carboxylic acids is 3. The van der Waals surface area contributed by atoms with E-state index in [9.17, 15) is 19.6 Å². The van der Waals surface area contributed by atoms with E-state index in [2.05, 4.69) is 11.4 Å². The molecule has 0 saturated carbocycles. The van der Waals surface area contributed by atoms with E-state index in [-0.39, 0.29) is 36.0 Å². The first-order chi connectivity index (χ1) is 21.5. The molecule has 4 aromatic rings. The molecule has 1 aliphatic rings. The van der Waals surface area contributed by atoms with Crippen molar-refractivity contribution in [3.63, 3.8) is 0 Å². The molecule has 1 N–H and O–H groups in total. The van der Waals surface area contributed by atoms with Crippen LogP contribution in [0.2, 0.25) is 5.02 Å². The van der Waals surface area contributed by atoms with Crippen molar-refractivity contribution in [1.29, 1.82) is 5.26 Å². The lowest BCUT2D eigenvalue weighted by Gasteiger charge is -2.33. The van der Waals surface area contributed by atoms with Crippen LogP contribution in [0.4, 0.5) is 0 Å². The van der Waals surface area contributed by atoms with Gasteiger partial charge in [0.2, 0.25) is 11.8 Å². The van der Waals surface area contributed by atoms with Crippen LogP contribution in [0.3, 0.4) is 0 Å². The molecular weight excluding hydrogens is 602 g/mol. The minimum absolute atomic E-state index is 0.137. The maximum Gasteiger partial charge on any atom is 0.243 e. The minimum Gasteiger partial charge on any atom is -0.350 e. The second-order valence-electron chi connectivity index (χ2n) is 12.8. The smallest absolute Gasteiger partial charge is 0.243 e. The third-order valence-corrected chi connectivity index (χ3v) is 9.33. The average Bonchev–Trinajstić information content (AvgIpc) is 3.67. The zero-order chi connectivity index (χ0) is 32.3. The van der Waals surface area contributed by atoms with Gasteiger partial charge >= 0.3 is 0 Å². The highest BCUT2D eigenvalue weighted by atomic mass is 35.5. The maximum absolute atomic E-state index is 14.6. The number of nitriles is 1. The zero-order valence-corrected chi connectivity index (χ0v) is 27.4. The van der Waals surface area contributed by atoms with Gasteiger partial charge in [0.1, 0.15) is 6.04 Å². The van der Waals surface area contributed by atoms with Gasteiger partial charge in [-0.3, -0.25) is 14.4 Å². The van der Waals surface area contributed by atoms with Crippen molar-refractivity contribution in [2.24, 2.45) is 11.3 Å². The number of benzene rings is 3.